The first-order valence-electron chi connectivity index (χ1n) is 8.78. The molecule has 0 bridgehead atoms. The quantitative estimate of drug-likeness (QED) is 0.422. The Hall–Kier alpha value is -2.30. The van der Waals surface area contributed by atoms with Crippen molar-refractivity contribution >= 4 is 5.96 Å². The van der Waals surface area contributed by atoms with E-state index in [-0.39, 0.29) is 0 Å². The van der Waals surface area contributed by atoms with Gasteiger partial charge in [-0.15, -0.1) is 0 Å². The Morgan fingerprint density at radius 1 is 1.25 bits per heavy atom. The molecule has 5 heteroatoms. The Bertz CT molecular complexity index is 645. The van der Waals surface area contributed by atoms with Crippen LogP contribution >= 0.6 is 0 Å². The standard InChI is InChI=1S/C19H29N5/c1-3-4-5-6-10-22-19(20)23-14-17-8-7-9-18(13-17)15-24-12-11-21-16(24)2/h7-9,11-13H,3-6,10,14-15H2,1-2H3,(H3,20,22,23). The number of aryl methyl sites for hydroxylation is 1. The summed E-state index contributed by atoms with van der Waals surface area (Å²) in [6, 6.07) is 8.46. The predicted molar refractivity (Wildman–Crippen MR) is 100.0 cm³/mol. The van der Waals surface area contributed by atoms with Gasteiger partial charge in [-0.2, -0.15) is 0 Å². The van der Waals surface area contributed by atoms with Gasteiger partial charge in [0.05, 0.1) is 6.54 Å². The summed E-state index contributed by atoms with van der Waals surface area (Å²) in [5.41, 5.74) is 8.34. The highest BCUT2D eigenvalue weighted by molar-refractivity contribution is 5.77. The number of unbranched alkanes of at least 4 members (excludes halogenated alkanes) is 3. The van der Waals surface area contributed by atoms with Crippen LogP contribution in [0.4, 0.5) is 0 Å². The van der Waals surface area contributed by atoms with Crippen LogP contribution in [0.5, 0.6) is 0 Å². The van der Waals surface area contributed by atoms with Crippen LogP contribution in [0, 0.1) is 6.92 Å². The van der Waals surface area contributed by atoms with E-state index in [1.807, 2.05) is 19.3 Å². The highest BCUT2D eigenvalue weighted by atomic mass is 15.1. The number of nitrogens with one attached hydrogen (secondary N) is 1. The van der Waals surface area contributed by atoms with E-state index in [1.165, 1.54) is 30.4 Å². The van der Waals surface area contributed by atoms with Gasteiger partial charge in [0.2, 0.25) is 0 Å². The maximum atomic E-state index is 5.93. The van der Waals surface area contributed by atoms with E-state index in [4.69, 9.17) is 5.73 Å². The van der Waals surface area contributed by atoms with Crippen molar-refractivity contribution in [1.29, 1.82) is 0 Å². The Balaban J connectivity index is 1.83. The molecule has 0 unspecified atom stereocenters. The average Bonchev–Trinajstić information content (AvgIpc) is 2.98. The fourth-order valence-electron chi connectivity index (χ4n) is 2.59. The molecule has 0 saturated carbocycles. The van der Waals surface area contributed by atoms with Crippen molar-refractivity contribution in [2.24, 2.45) is 10.7 Å². The molecule has 0 amide bonds. The molecule has 2 aromatic rings. The first-order chi connectivity index (χ1) is 11.7. The summed E-state index contributed by atoms with van der Waals surface area (Å²) in [7, 11) is 0. The van der Waals surface area contributed by atoms with Gasteiger partial charge in [-0.1, -0.05) is 50.5 Å². The second-order valence-electron chi connectivity index (χ2n) is 6.11. The molecule has 1 aromatic heterocycles. The van der Waals surface area contributed by atoms with Crippen molar-refractivity contribution in [3.8, 4) is 0 Å². The highest BCUT2D eigenvalue weighted by Crippen LogP contribution is 2.09. The van der Waals surface area contributed by atoms with Crippen LogP contribution in [0.1, 0.15) is 49.6 Å². The lowest BCUT2D eigenvalue weighted by molar-refractivity contribution is 0.652. The highest BCUT2D eigenvalue weighted by Gasteiger charge is 2.00. The lowest BCUT2D eigenvalue weighted by Crippen LogP contribution is -2.32. The van der Waals surface area contributed by atoms with Gasteiger partial charge >= 0.3 is 0 Å². The van der Waals surface area contributed by atoms with E-state index in [2.05, 4.69) is 51.0 Å². The first-order valence-corrected chi connectivity index (χ1v) is 8.78. The third-order valence-electron chi connectivity index (χ3n) is 4.04. The summed E-state index contributed by atoms with van der Waals surface area (Å²) in [5.74, 6) is 1.55. The minimum Gasteiger partial charge on any atom is -0.370 e. The van der Waals surface area contributed by atoms with Crippen LogP contribution in [-0.2, 0) is 13.1 Å². The van der Waals surface area contributed by atoms with Gasteiger partial charge < -0.3 is 15.6 Å². The second-order valence-corrected chi connectivity index (χ2v) is 6.11. The van der Waals surface area contributed by atoms with Crippen LogP contribution in [0.3, 0.4) is 0 Å². The largest absolute Gasteiger partial charge is 0.370 e. The van der Waals surface area contributed by atoms with Crippen molar-refractivity contribution in [2.75, 3.05) is 6.54 Å². The van der Waals surface area contributed by atoms with Crippen molar-refractivity contribution in [2.45, 2.75) is 52.6 Å². The number of hydrogen-bond donors (Lipinski definition) is 2. The Labute approximate surface area is 145 Å². The Morgan fingerprint density at radius 2 is 2.08 bits per heavy atom. The zero-order chi connectivity index (χ0) is 17.2. The molecule has 24 heavy (non-hydrogen) atoms. The topological polar surface area (TPSA) is 68.2 Å². The number of nitrogens with two attached hydrogens (primary N) is 1. The number of guanidine groups is 1. The number of aromatic nitrogens is 2. The SMILES string of the molecule is CCCCCCNC(N)=NCc1cccc(Cn2ccnc2C)c1. The lowest BCUT2D eigenvalue weighted by atomic mass is 10.1. The zero-order valence-electron chi connectivity index (χ0n) is 14.8. The second kappa shape index (κ2) is 9.75. The Morgan fingerprint density at radius 3 is 2.83 bits per heavy atom. The normalized spacial score (nSPS) is 11.7. The van der Waals surface area contributed by atoms with Gasteiger partial charge in [0.25, 0.3) is 0 Å². The number of rotatable bonds is 9. The van der Waals surface area contributed by atoms with Crippen LogP contribution in [0.25, 0.3) is 0 Å². The van der Waals surface area contributed by atoms with Gasteiger partial charge in [0.15, 0.2) is 5.96 Å². The maximum absolute atomic E-state index is 5.93. The van der Waals surface area contributed by atoms with Crippen LogP contribution < -0.4 is 11.1 Å². The molecule has 130 valence electrons. The summed E-state index contributed by atoms with van der Waals surface area (Å²) >= 11 is 0. The third kappa shape index (κ3) is 6.07. The van der Waals surface area contributed by atoms with Gasteiger partial charge in [0.1, 0.15) is 5.82 Å². The fourth-order valence-corrected chi connectivity index (χ4v) is 2.59. The summed E-state index contributed by atoms with van der Waals surface area (Å²) in [4.78, 5) is 8.69. The van der Waals surface area contributed by atoms with Crippen LogP contribution in [0.2, 0.25) is 0 Å². The van der Waals surface area contributed by atoms with Gasteiger partial charge in [-0.05, 0) is 24.5 Å². The molecule has 0 atom stereocenters. The zero-order valence-corrected chi connectivity index (χ0v) is 14.8. The molecule has 0 aliphatic carbocycles. The minimum absolute atomic E-state index is 0.530. The van der Waals surface area contributed by atoms with Crippen molar-refractivity contribution in [3.63, 3.8) is 0 Å². The van der Waals surface area contributed by atoms with Gasteiger partial charge in [-0.25, -0.2) is 9.98 Å². The van der Waals surface area contributed by atoms with E-state index >= 15 is 0 Å². The molecule has 0 aliphatic rings. The van der Waals surface area contributed by atoms with Crippen molar-refractivity contribution in [1.82, 2.24) is 14.9 Å². The summed E-state index contributed by atoms with van der Waals surface area (Å²) in [6.45, 7) is 6.56. The van der Waals surface area contributed by atoms with Gasteiger partial charge in [-0.3, -0.25) is 0 Å². The molecule has 3 N–H and O–H groups in total. The smallest absolute Gasteiger partial charge is 0.188 e. The van der Waals surface area contributed by atoms with E-state index in [0.29, 0.717) is 12.5 Å². The number of imidazole rings is 1. The van der Waals surface area contributed by atoms with E-state index in [9.17, 15) is 0 Å². The predicted octanol–water partition coefficient (Wildman–Crippen LogP) is 3.22. The summed E-state index contributed by atoms with van der Waals surface area (Å²) in [6.07, 6.45) is 8.74. The third-order valence-corrected chi connectivity index (χ3v) is 4.04. The molecule has 1 aromatic carbocycles. The molecule has 0 aliphatic heterocycles. The average molecular weight is 327 g/mol. The Kier molecular flexibility index (Phi) is 7.33. The molecule has 2 rings (SSSR count). The number of aliphatic imine (C=N–C) groups is 1. The van der Waals surface area contributed by atoms with Crippen molar-refractivity contribution in [3.05, 3.63) is 53.6 Å². The van der Waals surface area contributed by atoms with Crippen LogP contribution in [0.15, 0.2) is 41.7 Å². The molecule has 0 radical (unpaired) electrons. The summed E-state index contributed by atoms with van der Waals surface area (Å²) < 4.78 is 2.13. The monoisotopic (exact) mass is 327 g/mol. The van der Waals surface area contributed by atoms with E-state index < -0.39 is 0 Å². The number of benzene rings is 1. The molecule has 1 heterocycles. The van der Waals surface area contributed by atoms with Crippen LogP contribution in [-0.4, -0.2) is 22.1 Å². The molecular weight excluding hydrogens is 298 g/mol. The fraction of sp³-hybridized carbons (Fsp3) is 0.474. The number of nitrogens with zero attached hydrogens (tertiary/aromatic N) is 3. The van der Waals surface area contributed by atoms with Crippen molar-refractivity contribution < 1.29 is 0 Å². The lowest BCUT2D eigenvalue weighted by Gasteiger charge is -2.08. The minimum atomic E-state index is 0.530. The molecule has 0 fully saturated rings. The molecular formula is C19H29N5. The first kappa shape index (κ1) is 18.0. The van der Waals surface area contributed by atoms with E-state index in [1.54, 1.807) is 0 Å². The maximum Gasteiger partial charge on any atom is 0.188 e. The number of hydrogen-bond acceptors (Lipinski definition) is 2. The summed E-state index contributed by atoms with van der Waals surface area (Å²) in [5, 5.41) is 3.19. The van der Waals surface area contributed by atoms with Gasteiger partial charge in [0, 0.05) is 25.5 Å². The molecule has 5 nitrogen and oxygen atoms in total. The molecule has 0 saturated heterocycles. The molecule has 0 spiro atoms. The van der Waals surface area contributed by atoms with E-state index in [0.717, 1.165) is 25.3 Å².